The number of carbonyl (C=O) groups is 1. The molecule has 40 heavy (non-hydrogen) atoms. The molecule has 1 saturated heterocycles. The van der Waals surface area contributed by atoms with Crippen LogP contribution in [-0.2, 0) is 0 Å². The van der Waals surface area contributed by atoms with E-state index in [2.05, 4.69) is 0 Å². The maximum atomic E-state index is 14.2. The molecule has 0 saturated carbocycles. The second kappa shape index (κ2) is 12.5. The number of hydrogen-bond donors (Lipinski definition) is 1. The van der Waals surface area contributed by atoms with E-state index in [0.29, 0.717) is 48.3 Å². The molecular formula is C33H36F3N3O. The number of piperidine rings is 1. The average molecular weight is 548 g/mol. The lowest BCUT2D eigenvalue weighted by atomic mass is 9.88. The molecule has 3 aromatic rings. The molecule has 7 heteroatoms. The summed E-state index contributed by atoms with van der Waals surface area (Å²) in [5.41, 5.74) is 4.77. The molecule has 210 valence electrons. The highest BCUT2D eigenvalue weighted by molar-refractivity contribution is 6.14. The quantitative estimate of drug-likeness (QED) is 0.230. The van der Waals surface area contributed by atoms with Gasteiger partial charge in [-0.25, -0.2) is 4.39 Å². The maximum Gasteiger partial charge on any atom is 0.315 e. The predicted molar refractivity (Wildman–Crippen MR) is 156 cm³/mol. The fourth-order valence-corrected chi connectivity index (χ4v) is 5.53. The monoisotopic (exact) mass is 547 g/mol. The molecule has 3 aromatic carbocycles. The number of benzene rings is 3. The number of rotatable bonds is 8. The molecule has 1 unspecified atom stereocenters. The third kappa shape index (κ3) is 6.14. The molecule has 1 N–H and O–H groups in total. The summed E-state index contributed by atoms with van der Waals surface area (Å²) in [5.74, 6) is -0.510. The molecule has 0 bridgehead atoms. The molecule has 4 rings (SSSR count). The van der Waals surface area contributed by atoms with Crippen molar-refractivity contribution in [3.05, 3.63) is 106 Å². The van der Waals surface area contributed by atoms with E-state index < -0.39 is 12.4 Å². The lowest BCUT2D eigenvalue weighted by molar-refractivity contribution is 0.0650. The number of amides is 1. The Morgan fingerprint density at radius 1 is 1.00 bits per heavy atom. The van der Waals surface area contributed by atoms with Crippen molar-refractivity contribution in [2.24, 2.45) is 5.92 Å². The number of para-hydroxylation sites is 1. The first-order valence-corrected chi connectivity index (χ1v) is 13.7. The topological polar surface area (TPSA) is 47.4 Å². The summed E-state index contributed by atoms with van der Waals surface area (Å²) < 4.78 is 42.2. The highest BCUT2D eigenvalue weighted by atomic mass is 19.3. The van der Waals surface area contributed by atoms with Crippen molar-refractivity contribution in [2.75, 3.05) is 18.0 Å². The number of alkyl halides is 2. The molecule has 0 aliphatic carbocycles. The minimum Gasteiger partial charge on any atom is -0.339 e. The van der Waals surface area contributed by atoms with E-state index in [-0.39, 0.29) is 23.6 Å². The summed E-state index contributed by atoms with van der Waals surface area (Å²) in [5, 5.41) is 8.71. The van der Waals surface area contributed by atoms with Crippen molar-refractivity contribution in [1.82, 2.24) is 4.90 Å². The van der Waals surface area contributed by atoms with Crippen LogP contribution in [0.5, 0.6) is 0 Å². The van der Waals surface area contributed by atoms with Crippen LogP contribution >= 0.6 is 0 Å². The molecule has 4 nitrogen and oxygen atoms in total. The summed E-state index contributed by atoms with van der Waals surface area (Å²) in [6.07, 6.45) is 3.18. The van der Waals surface area contributed by atoms with Crippen LogP contribution in [0.25, 0.3) is 5.57 Å². The van der Waals surface area contributed by atoms with Gasteiger partial charge in [-0.2, -0.15) is 8.78 Å². The van der Waals surface area contributed by atoms with Gasteiger partial charge in [0.1, 0.15) is 5.82 Å². The Labute approximate surface area is 234 Å². The van der Waals surface area contributed by atoms with E-state index in [4.69, 9.17) is 5.41 Å². The van der Waals surface area contributed by atoms with E-state index in [0.717, 1.165) is 16.7 Å². The first-order chi connectivity index (χ1) is 19.1. The number of anilines is 1. The van der Waals surface area contributed by atoms with Gasteiger partial charge in [0.15, 0.2) is 0 Å². The number of nitrogens with zero attached hydrogens (tertiary/aromatic N) is 2. The van der Waals surface area contributed by atoms with Crippen molar-refractivity contribution in [2.45, 2.75) is 53.1 Å². The van der Waals surface area contributed by atoms with Crippen LogP contribution < -0.4 is 4.90 Å². The Hall–Kier alpha value is -3.87. The van der Waals surface area contributed by atoms with Crippen molar-refractivity contribution >= 4 is 22.9 Å². The number of carbonyl (C=O) groups excluding carboxylic acids is 1. The Morgan fingerprint density at radius 3 is 2.33 bits per heavy atom. The van der Waals surface area contributed by atoms with Crippen molar-refractivity contribution in [3.63, 3.8) is 0 Å². The Balaban J connectivity index is 1.51. The standard InChI is InChI=1S/C33H36F3N3O/c1-5-21(2)29-20-26(13-14-28(29)31(37)25-10-8-11-27(34)19-25)32(40)38-17-15-24(16-18-38)23(4)39(33(35)36)30-12-7-6-9-22(30)3/h5-14,19-20,23-24,33,37H,15-18H2,1-4H3/b21-5+,37-31?. The minimum absolute atomic E-state index is 0.0209. The molecule has 1 aliphatic rings. The second-order valence-electron chi connectivity index (χ2n) is 10.5. The zero-order valence-corrected chi connectivity index (χ0v) is 23.4. The Bertz CT molecular complexity index is 1410. The fraction of sp³-hybridized carbons (Fsp3) is 0.333. The van der Waals surface area contributed by atoms with E-state index in [9.17, 15) is 18.0 Å². The number of allylic oxidation sites excluding steroid dienone is 2. The van der Waals surface area contributed by atoms with E-state index in [1.165, 1.54) is 17.0 Å². The summed E-state index contributed by atoms with van der Waals surface area (Å²) >= 11 is 0. The summed E-state index contributed by atoms with van der Waals surface area (Å²) in [7, 11) is 0. The van der Waals surface area contributed by atoms with Gasteiger partial charge in [-0.1, -0.05) is 42.5 Å². The van der Waals surface area contributed by atoms with Gasteiger partial charge in [-0.05, 0) is 93.5 Å². The number of aryl methyl sites for hydroxylation is 1. The van der Waals surface area contributed by atoms with Crippen LogP contribution in [0, 0.1) is 24.1 Å². The van der Waals surface area contributed by atoms with Crippen LogP contribution in [0.3, 0.4) is 0 Å². The predicted octanol–water partition coefficient (Wildman–Crippen LogP) is 7.94. The molecule has 1 aliphatic heterocycles. The van der Waals surface area contributed by atoms with Crippen LogP contribution in [0.1, 0.15) is 66.2 Å². The van der Waals surface area contributed by atoms with Gasteiger partial charge in [-0.3, -0.25) is 10.2 Å². The molecule has 0 radical (unpaired) electrons. The van der Waals surface area contributed by atoms with Gasteiger partial charge >= 0.3 is 6.55 Å². The molecular weight excluding hydrogens is 511 g/mol. The normalized spacial score (nSPS) is 15.3. The van der Waals surface area contributed by atoms with Gasteiger partial charge in [0.05, 0.1) is 5.71 Å². The van der Waals surface area contributed by atoms with Gasteiger partial charge in [0.25, 0.3) is 5.91 Å². The molecule has 1 amide bonds. The molecule has 0 aromatic heterocycles. The van der Waals surface area contributed by atoms with Gasteiger partial charge in [-0.15, -0.1) is 0 Å². The number of likely N-dealkylation sites (tertiary alicyclic amines) is 1. The van der Waals surface area contributed by atoms with Crippen LogP contribution in [0.4, 0.5) is 18.9 Å². The van der Waals surface area contributed by atoms with Gasteiger partial charge < -0.3 is 9.80 Å². The van der Waals surface area contributed by atoms with Crippen molar-refractivity contribution in [3.8, 4) is 0 Å². The zero-order valence-electron chi connectivity index (χ0n) is 23.4. The van der Waals surface area contributed by atoms with Crippen LogP contribution in [-0.4, -0.2) is 42.2 Å². The highest BCUT2D eigenvalue weighted by Gasteiger charge is 2.33. The first kappa shape index (κ1) is 29.1. The number of hydrogen-bond acceptors (Lipinski definition) is 3. The third-order valence-corrected chi connectivity index (χ3v) is 8.06. The Morgan fingerprint density at radius 2 is 1.70 bits per heavy atom. The first-order valence-electron chi connectivity index (χ1n) is 13.7. The lowest BCUT2D eigenvalue weighted by Gasteiger charge is -2.40. The maximum absolute atomic E-state index is 14.2. The third-order valence-electron chi connectivity index (χ3n) is 8.06. The zero-order chi connectivity index (χ0) is 29.0. The summed E-state index contributed by atoms with van der Waals surface area (Å²) in [6.45, 7) is 5.85. The van der Waals surface area contributed by atoms with Crippen molar-refractivity contribution in [1.29, 1.82) is 5.41 Å². The fourth-order valence-electron chi connectivity index (χ4n) is 5.53. The average Bonchev–Trinajstić information content (AvgIpc) is 2.96. The smallest absolute Gasteiger partial charge is 0.315 e. The van der Waals surface area contributed by atoms with E-state index in [1.807, 2.05) is 45.9 Å². The molecule has 1 fully saturated rings. The number of nitrogens with one attached hydrogen (secondary N) is 1. The summed E-state index contributed by atoms with van der Waals surface area (Å²) in [6, 6.07) is 18.0. The lowest BCUT2D eigenvalue weighted by Crippen LogP contribution is -2.47. The SMILES string of the molecule is C/C=C(\C)c1cc(C(=O)N2CCC(C(C)N(c3ccccc3C)C(F)F)CC2)ccc1C(=N)c1cccc(F)c1. The van der Waals surface area contributed by atoms with Crippen molar-refractivity contribution < 1.29 is 18.0 Å². The largest absolute Gasteiger partial charge is 0.339 e. The van der Waals surface area contributed by atoms with E-state index in [1.54, 1.807) is 47.4 Å². The second-order valence-corrected chi connectivity index (χ2v) is 10.5. The minimum atomic E-state index is -2.62. The van der Waals surface area contributed by atoms with Gasteiger partial charge in [0.2, 0.25) is 0 Å². The molecule has 1 heterocycles. The van der Waals surface area contributed by atoms with Gasteiger partial charge in [0, 0.05) is 41.5 Å². The van der Waals surface area contributed by atoms with Crippen LogP contribution in [0.15, 0.2) is 72.8 Å². The molecule has 0 spiro atoms. The van der Waals surface area contributed by atoms with Crippen LogP contribution in [0.2, 0.25) is 0 Å². The highest BCUT2D eigenvalue weighted by Crippen LogP contribution is 2.33. The summed E-state index contributed by atoms with van der Waals surface area (Å²) in [4.78, 5) is 16.5. The Kier molecular flexibility index (Phi) is 9.13. The number of halogens is 3. The van der Waals surface area contributed by atoms with E-state index >= 15 is 0 Å². The molecule has 1 atom stereocenters.